The molecular formula is C13H13FN4O3. The topological polar surface area (TPSA) is 88.7 Å². The van der Waals surface area contributed by atoms with Crippen LogP contribution in [0.1, 0.15) is 17.3 Å². The summed E-state index contributed by atoms with van der Waals surface area (Å²) < 4.78 is 19.2. The summed E-state index contributed by atoms with van der Waals surface area (Å²) >= 11 is 0. The zero-order chi connectivity index (χ0) is 15.2. The standard InChI is InChI=1S/C13H13FN4O3/c1-2-21-13(19)11-7-16-18(12(11)15-8-17-20)10-5-3-9(14)4-6-10/h3-8,20H,2H2,1H3,(H,15,17). The normalized spacial score (nSPS) is 10.8. The number of hydrogen-bond acceptors (Lipinski definition) is 5. The van der Waals surface area contributed by atoms with Gasteiger partial charge in [0.25, 0.3) is 0 Å². The molecule has 1 aromatic heterocycles. The van der Waals surface area contributed by atoms with Crippen LogP contribution >= 0.6 is 0 Å². The van der Waals surface area contributed by atoms with Crippen molar-refractivity contribution in [2.75, 3.05) is 6.61 Å². The molecule has 0 radical (unpaired) electrons. The molecule has 1 aromatic carbocycles. The van der Waals surface area contributed by atoms with Crippen LogP contribution in [0.3, 0.4) is 0 Å². The maximum absolute atomic E-state index is 13.0. The molecule has 2 aromatic rings. The number of halogens is 1. The number of ether oxygens (including phenoxy) is 1. The number of nitrogens with one attached hydrogen (secondary N) is 1. The second-order valence-electron chi connectivity index (χ2n) is 3.88. The number of esters is 1. The molecule has 0 amide bonds. The van der Waals surface area contributed by atoms with Crippen LogP contribution in [0.4, 0.5) is 10.2 Å². The maximum atomic E-state index is 13.0. The Balaban J connectivity index is 2.48. The van der Waals surface area contributed by atoms with Crippen LogP contribution in [0.15, 0.2) is 35.5 Å². The zero-order valence-electron chi connectivity index (χ0n) is 11.2. The van der Waals surface area contributed by atoms with Gasteiger partial charge >= 0.3 is 5.97 Å². The molecule has 8 heteroatoms. The molecule has 2 N–H and O–H groups in total. The molecule has 0 fully saturated rings. The van der Waals surface area contributed by atoms with E-state index >= 15 is 0 Å². The summed E-state index contributed by atoms with van der Waals surface area (Å²) in [5, 5.41) is 12.6. The third kappa shape index (κ3) is 3.23. The summed E-state index contributed by atoms with van der Waals surface area (Å²) in [6.45, 7) is 1.89. The molecule has 0 saturated carbocycles. The van der Waals surface area contributed by atoms with Gasteiger partial charge < -0.3 is 4.74 Å². The van der Waals surface area contributed by atoms with E-state index in [4.69, 9.17) is 9.94 Å². The van der Waals surface area contributed by atoms with E-state index in [1.807, 2.05) is 0 Å². The minimum Gasteiger partial charge on any atom is -0.462 e. The first-order valence-electron chi connectivity index (χ1n) is 6.10. The van der Waals surface area contributed by atoms with Crippen molar-refractivity contribution in [3.05, 3.63) is 41.8 Å². The molecule has 0 saturated heterocycles. The van der Waals surface area contributed by atoms with Gasteiger partial charge in [0, 0.05) is 0 Å². The lowest BCUT2D eigenvalue weighted by Crippen LogP contribution is -2.06. The summed E-state index contributed by atoms with van der Waals surface area (Å²) in [5.74, 6) is -0.823. The van der Waals surface area contributed by atoms with Crippen molar-refractivity contribution in [1.82, 2.24) is 15.3 Å². The molecule has 110 valence electrons. The van der Waals surface area contributed by atoms with Gasteiger partial charge in [-0.3, -0.25) is 10.7 Å². The highest BCUT2D eigenvalue weighted by Gasteiger charge is 2.19. The number of hydrogen-bond donors (Lipinski definition) is 2. The van der Waals surface area contributed by atoms with E-state index in [0.29, 0.717) is 5.69 Å². The lowest BCUT2D eigenvalue weighted by atomic mass is 10.3. The minimum absolute atomic E-state index is 0.132. The van der Waals surface area contributed by atoms with E-state index in [9.17, 15) is 9.18 Å². The molecule has 0 aliphatic rings. The first-order valence-corrected chi connectivity index (χ1v) is 6.10. The number of carbonyl (C=O) groups excluding carboxylic acids is 1. The zero-order valence-corrected chi connectivity index (χ0v) is 11.2. The Morgan fingerprint density at radius 1 is 1.52 bits per heavy atom. The van der Waals surface area contributed by atoms with Gasteiger partial charge in [0.2, 0.25) is 0 Å². The molecule has 0 unspecified atom stereocenters. The van der Waals surface area contributed by atoms with E-state index < -0.39 is 11.8 Å². The van der Waals surface area contributed by atoms with Gasteiger partial charge in [-0.05, 0) is 31.2 Å². The highest BCUT2D eigenvalue weighted by Crippen LogP contribution is 2.23. The summed E-state index contributed by atoms with van der Waals surface area (Å²) in [7, 11) is 0. The number of carbonyl (C=O) groups is 1. The monoisotopic (exact) mass is 292 g/mol. The van der Waals surface area contributed by atoms with Crippen molar-refractivity contribution in [1.29, 1.82) is 0 Å². The molecule has 0 spiro atoms. The Bertz CT molecular complexity index is 652. The van der Waals surface area contributed by atoms with Gasteiger partial charge in [-0.15, -0.1) is 0 Å². The fourth-order valence-electron chi connectivity index (χ4n) is 1.68. The molecule has 0 bridgehead atoms. The lowest BCUT2D eigenvalue weighted by Gasteiger charge is -2.05. The summed E-state index contributed by atoms with van der Waals surface area (Å²) in [6, 6.07) is 5.50. The van der Waals surface area contributed by atoms with E-state index in [2.05, 4.69) is 10.1 Å². The lowest BCUT2D eigenvalue weighted by molar-refractivity contribution is 0.0527. The van der Waals surface area contributed by atoms with E-state index in [-0.39, 0.29) is 18.0 Å². The van der Waals surface area contributed by atoms with Crippen molar-refractivity contribution in [3.8, 4) is 5.69 Å². The van der Waals surface area contributed by atoms with Crippen LogP contribution in [-0.4, -0.2) is 33.9 Å². The van der Waals surface area contributed by atoms with Crippen LogP contribution in [0.25, 0.3) is 5.69 Å². The molecular weight excluding hydrogens is 279 g/mol. The van der Waals surface area contributed by atoms with Crippen molar-refractivity contribution in [2.45, 2.75) is 6.92 Å². The SMILES string of the molecule is CCOC(=O)c1cnn(-c2ccc(F)cc2)c1/N=C/NO. The van der Waals surface area contributed by atoms with Gasteiger partial charge in [-0.25, -0.2) is 18.9 Å². The summed E-state index contributed by atoms with van der Waals surface area (Å²) in [5.41, 5.74) is 2.39. The van der Waals surface area contributed by atoms with Crippen molar-refractivity contribution in [3.63, 3.8) is 0 Å². The van der Waals surface area contributed by atoms with Crippen LogP contribution in [0.2, 0.25) is 0 Å². The fraction of sp³-hybridized carbons (Fsp3) is 0.154. The predicted molar refractivity (Wildman–Crippen MR) is 72.6 cm³/mol. The highest BCUT2D eigenvalue weighted by atomic mass is 19.1. The Hall–Kier alpha value is -2.74. The molecule has 0 atom stereocenters. The second-order valence-corrected chi connectivity index (χ2v) is 3.88. The Labute approximate surface area is 119 Å². The number of aliphatic imine (C=N–C) groups is 1. The first-order chi connectivity index (χ1) is 10.2. The number of nitrogens with zero attached hydrogens (tertiary/aromatic N) is 3. The number of hydroxylamine groups is 1. The predicted octanol–water partition coefficient (Wildman–Crippen LogP) is 1.83. The minimum atomic E-state index is -0.587. The van der Waals surface area contributed by atoms with Crippen LogP contribution in [0.5, 0.6) is 0 Å². The average Bonchev–Trinajstić information content (AvgIpc) is 2.90. The van der Waals surface area contributed by atoms with E-state index in [1.165, 1.54) is 35.1 Å². The maximum Gasteiger partial charge on any atom is 0.343 e. The largest absolute Gasteiger partial charge is 0.462 e. The number of benzene rings is 1. The van der Waals surface area contributed by atoms with Crippen molar-refractivity contribution < 1.29 is 19.1 Å². The van der Waals surface area contributed by atoms with Crippen LogP contribution < -0.4 is 5.48 Å². The van der Waals surface area contributed by atoms with Crippen molar-refractivity contribution >= 4 is 18.1 Å². The summed E-state index contributed by atoms with van der Waals surface area (Å²) in [6.07, 6.45) is 2.28. The molecule has 7 nitrogen and oxygen atoms in total. The third-order valence-corrected chi connectivity index (χ3v) is 2.55. The second kappa shape index (κ2) is 6.62. The van der Waals surface area contributed by atoms with Crippen LogP contribution in [-0.2, 0) is 4.74 Å². The van der Waals surface area contributed by atoms with Crippen LogP contribution in [0, 0.1) is 5.82 Å². The van der Waals surface area contributed by atoms with Gasteiger partial charge in [0.1, 0.15) is 17.7 Å². The molecule has 0 aliphatic carbocycles. The molecule has 1 heterocycles. The molecule has 0 aliphatic heterocycles. The van der Waals surface area contributed by atoms with Gasteiger partial charge in [0.15, 0.2) is 5.82 Å². The Kier molecular flexibility index (Phi) is 4.62. The summed E-state index contributed by atoms with van der Waals surface area (Å²) in [4.78, 5) is 15.7. The molecule has 21 heavy (non-hydrogen) atoms. The third-order valence-electron chi connectivity index (χ3n) is 2.55. The Morgan fingerprint density at radius 3 is 2.86 bits per heavy atom. The number of aromatic nitrogens is 2. The Morgan fingerprint density at radius 2 is 2.24 bits per heavy atom. The fourth-order valence-corrected chi connectivity index (χ4v) is 1.68. The first kappa shape index (κ1) is 14.7. The quantitative estimate of drug-likeness (QED) is 0.380. The highest BCUT2D eigenvalue weighted by molar-refractivity contribution is 5.94. The van der Waals surface area contributed by atoms with Gasteiger partial charge in [-0.2, -0.15) is 5.10 Å². The van der Waals surface area contributed by atoms with Gasteiger partial charge in [-0.1, -0.05) is 0 Å². The van der Waals surface area contributed by atoms with Gasteiger partial charge in [0.05, 0.1) is 18.5 Å². The smallest absolute Gasteiger partial charge is 0.343 e. The van der Waals surface area contributed by atoms with E-state index in [1.54, 1.807) is 12.4 Å². The van der Waals surface area contributed by atoms with E-state index in [0.717, 1.165) is 6.34 Å². The van der Waals surface area contributed by atoms with Crippen molar-refractivity contribution in [2.24, 2.45) is 4.99 Å². The average molecular weight is 292 g/mol. The molecule has 2 rings (SSSR count). The number of rotatable bonds is 5.